The smallest absolute Gasteiger partial charge is 0.248 e. The molecule has 1 amide bonds. The summed E-state index contributed by atoms with van der Waals surface area (Å²) in [6.07, 6.45) is 1.33. The molecule has 27 heavy (non-hydrogen) atoms. The van der Waals surface area contributed by atoms with Gasteiger partial charge >= 0.3 is 0 Å². The second-order valence-corrected chi connectivity index (χ2v) is 8.47. The minimum atomic E-state index is -3.72. The van der Waals surface area contributed by atoms with E-state index in [9.17, 15) is 13.2 Å². The lowest BCUT2D eigenvalue weighted by atomic mass is 10.1. The van der Waals surface area contributed by atoms with Crippen molar-refractivity contribution in [1.29, 1.82) is 0 Å². The molecule has 0 radical (unpaired) electrons. The third-order valence-electron chi connectivity index (χ3n) is 3.84. The zero-order chi connectivity index (χ0) is 20.2. The number of ether oxygens (including phenoxy) is 1. The maximum atomic E-state index is 12.8. The van der Waals surface area contributed by atoms with Gasteiger partial charge in [-0.25, -0.2) is 8.42 Å². The van der Waals surface area contributed by atoms with E-state index in [1.54, 1.807) is 43.3 Å². The first-order valence-corrected chi connectivity index (χ1v) is 10.7. The van der Waals surface area contributed by atoms with Gasteiger partial charge in [0.15, 0.2) is 0 Å². The van der Waals surface area contributed by atoms with Gasteiger partial charge in [-0.1, -0.05) is 30.1 Å². The SMILES string of the molecule is CC[C@H](C(=O)Nc1ccc(Cl)c(Cl)c1)N(c1ccc(OC)cc1)S(C)(=O)=O. The van der Waals surface area contributed by atoms with Crippen LogP contribution in [0, 0.1) is 0 Å². The fourth-order valence-corrected chi connectivity index (χ4v) is 4.10. The minimum Gasteiger partial charge on any atom is -0.497 e. The highest BCUT2D eigenvalue weighted by Gasteiger charge is 2.31. The molecule has 0 unspecified atom stereocenters. The number of nitrogens with zero attached hydrogens (tertiary/aromatic N) is 1. The standard InChI is InChI=1S/C18H20Cl2N2O4S/c1-4-17(18(23)21-12-5-10-15(19)16(20)11-12)22(27(3,24)25)13-6-8-14(26-2)9-7-13/h5-11,17H,4H2,1-3H3,(H,21,23)/t17-/m1/s1. The molecule has 1 atom stereocenters. The summed E-state index contributed by atoms with van der Waals surface area (Å²) in [6.45, 7) is 1.74. The Kier molecular flexibility index (Phi) is 6.97. The molecule has 9 heteroatoms. The van der Waals surface area contributed by atoms with Crippen LogP contribution in [0.25, 0.3) is 0 Å². The number of amides is 1. The van der Waals surface area contributed by atoms with Crippen molar-refractivity contribution < 1.29 is 17.9 Å². The van der Waals surface area contributed by atoms with Gasteiger partial charge in [0.2, 0.25) is 15.9 Å². The maximum absolute atomic E-state index is 12.8. The van der Waals surface area contributed by atoms with Crippen LogP contribution in [-0.4, -0.2) is 33.7 Å². The number of hydrogen-bond acceptors (Lipinski definition) is 4. The van der Waals surface area contributed by atoms with Gasteiger partial charge in [-0.05, 0) is 48.9 Å². The van der Waals surface area contributed by atoms with Crippen LogP contribution in [0.5, 0.6) is 5.75 Å². The fourth-order valence-electron chi connectivity index (χ4n) is 2.59. The van der Waals surface area contributed by atoms with Crippen LogP contribution in [0.1, 0.15) is 13.3 Å². The van der Waals surface area contributed by atoms with Crippen molar-refractivity contribution in [3.63, 3.8) is 0 Å². The van der Waals surface area contributed by atoms with Gasteiger partial charge in [0.25, 0.3) is 0 Å². The van der Waals surface area contributed by atoms with Crippen molar-refractivity contribution in [2.75, 3.05) is 23.0 Å². The molecule has 146 valence electrons. The Morgan fingerprint density at radius 2 is 1.78 bits per heavy atom. The number of anilines is 2. The number of nitrogens with one attached hydrogen (secondary N) is 1. The summed E-state index contributed by atoms with van der Waals surface area (Å²) >= 11 is 11.8. The first-order valence-electron chi connectivity index (χ1n) is 8.06. The Bertz CT molecular complexity index is 917. The van der Waals surface area contributed by atoms with E-state index in [1.807, 2.05) is 0 Å². The molecule has 0 saturated heterocycles. The maximum Gasteiger partial charge on any atom is 0.248 e. The Morgan fingerprint density at radius 1 is 1.15 bits per heavy atom. The third-order valence-corrected chi connectivity index (χ3v) is 5.76. The van der Waals surface area contributed by atoms with E-state index < -0.39 is 22.0 Å². The second kappa shape index (κ2) is 8.82. The Balaban J connectivity index is 2.35. The molecule has 0 aliphatic carbocycles. The molecule has 2 rings (SSSR count). The zero-order valence-electron chi connectivity index (χ0n) is 15.1. The number of halogens is 2. The van der Waals surface area contributed by atoms with Gasteiger partial charge in [-0.15, -0.1) is 0 Å². The van der Waals surface area contributed by atoms with Crippen LogP contribution in [0.15, 0.2) is 42.5 Å². The second-order valence-electron chi connectivity index (χ2n) is 5.80. The Morgan fingerprint density at radius 3 is 2.26 bits per heavy atom. The lowest BCUT2D eigenvalue weighted by Crippen LogP contribution is -2.47. The van der Waals surface area contributed by atoms with E-state index in [-0.39, 0.29) is 11.4 Å². The van der Waals surface area contributed by atoms with Gasteiger partial charge in [-0.2, -0.15) is 0 Å². The highest BCUT2D eigenvalue weighted by atomic mass is 35.5. The predicted molar refractivity (Wildman–Crippen MR) is 109 cm³/mol. The summed E-state index contributed by atoms with van der Waals surface area (Å²) in [5, 5.41) is 3.34. The lowest BCUT2D eigenvalue weighted by Gasteiger charge is -2.30. The number of rotatable bonds is 7. The molecule has 0 aliphatic heterocycles. The van der Waals surface area contributed by atoms with E-state index in [0.29, 0.717) is 22.1 Å². The van der Waals surface area contributed by atoms with Gasteiger partial charge in [0.05, 0.1) is 29.1 Å². The van der Waals surface area contributed by atoms with E-state index in [0.717, 1.165) is 10.6 Å². The van der Waals surface area contributed by atoms with Crippen molar-refractivity contribution in [1.82, 2.24) is 0 Å². The molecular formula is C18H20Cl2N2O4S. The van der Waals surface area contributed by atoms with Crippen molar-refractivity contribution in [2.24, 2.45) is 0 Å². The molecule has 0 aromatic heterocycles. The van der Waals surface area contributed by atoms with Gasteiger partial charge in [-0.3, -0.25) is 9.10 Å². The van der Waals surface area contributed by atoms with Crippen molar-refractivity contribution in [3.8, 4) is 5.75 Å². The molecule has 0 heterocycles. The van der Waals surface area contributed by atoms with Crippen LogP contribution in [0.3, 0.4) is 0 Å². The third kappa shape index (κ3) is 5.28. The topological polar surface area (TPSA) is 75.7 Å². The van der Waals surface area contributed by atoms with E-state index in [4.69, 9.17) is 27.9 Å². The Labute approximate surface area is 169 Å². The molecule has 2 aromatic rings. The van der Waals surface area contributed by atoms with Crippen molar-refractivity contribution in [2.45, 2.75) is 19.4 Å². The van der Waals surface area contributed by atoms with Crippen LogP contribution in [0.2, 0.25) is 10.0 Å². The minimum absolute atomic E-state index is 0.270. The van der Waals surface area contributed by atoms with Gasteiger partial charge in [0, 0.05) is 5.69 Å². The monoisotopic (exact) mass is 430 g/mol. The molecular weight excluding hydrogens is 411 g/mol. The number of carbonyl (C=O) groups excluding carboxylic acids is 1. The van der Waals surface area contributed by atoms with Crippen molar-refractivity contribution >= 4 is 50.5 Å². The number of hydrogen-bond donors (Lipinski definition) is 1. The van der Waals surface area contributed by atoms with Gasteiger partial charge < -0.3 is 10.1 Å². The fraction of sp³-hybridized carbons (Fsp3) is 0.278. The molecule has 0 saturated carbocycles. The predicted octanol–water partition coefficient (Wildman–Crippen LogP) is 4.19. The highest BCUT2D eigenvalue weighted by Crippen LogP contribution is 2.27. The molecule has 1 N–H and O–H groups in total. The molecule has 0 bridgehead atoms. The number of sulfonamides is 1. The summed E-state index contributed by atoms with van der Waals surface area (Å²) in [4.78, 5) is 12.8. The molecule has 0 aliphatic rings. The number of methoxy groups -OCH3 is 1. The van der Waals surface area contributed by atoms with Crippen LogP contribution in [-0.2, 0) is 14.8 Å². The average molecular weight is 431 g/mol. The first kappa shape index (κ1) is 21.3. The number of benzene rings is 2. The number of carbonyl (C=O) groups is 1. The highest BCUT2D eigenvalue weighted by molar-refractivity contribution is 7.92. The van der Waals surface area contributed by atoms with Crippen molar-refractivity contribution in [3.05, 3.63) is 52.5 Å². The van der Waals surface area contributed by atoms with E-state index in [2.05, 4.69) is 5.32 Å². The van der Waals surface area contributed by atoms with Gasteiger partial charge in [0.1, 0.15) is 11.8 Å². The summed E-state index contributed by atoms with van der Waals surface area (Å²) in [5.41, 5.74) is 0.797. The van der Waals surface area contributed by atoms with E-state index in [1.165, 1.54) is 13.2 Å². The average Bonchev–Trinajstić information content (AvgIpc) is 2.61. The summed E-state index contributed by atoms with van der Waals surface area (Å²) in [6, 6.07) is 10.2. The molecule has 0 spiro atoms. The summed E-state index contributed by atoms with van der Waals surface area (Å²) in [5.74, 6) is 0.109. The first-order chi connectivity index (χ1) is 12.7. The Hall–Kier alpha value is -1.96. The quantitative estimate of drug-likeness (QED) is 0.714. The summed E-state index contributed by atoms with van der Waals surface area (Å²) < 4.78 is 31.0. The molecule has 6 nitrogen and oxygen atoms in total. The molecule has 0 fully saturated rings. The van der Waals surface area contributed by atoms with E-state index >= 15 is 0 Å². The van der Waals surface area contributed by atoms with Crippen LogP contribution >= 0.6 is 23.2 Å². The zero-order valence-corrected chi connectivity index (χ0v) is 17.4. The lowest BCUT2D eigenvalue weighted by molar-refractivity contribution is -0.117. The largest absolute Gasteiger partial charge is 0.497 e. The van der Waals surface area contributed by atoms with Crippen LogP contribution < -0.4 is 14.4 Å². The molecule has 2 aromatic carbocycles. The normalized spacial score (nSPS) is 12.3. The van der Waals surface area contributed by atoms with Crippen LogP contribution in [0.4, 0.5) is 11.4 Å². The summed E-state index contributed by atoms with van der Waals surface area (Å²) in [7, 11) is -2.20.